The maximum Gasteiger partial charge on any atom is 0.163 e. The maximum absolute atomic E-state index is 11.4. The van der Waals surface area contributed by atoms with E-state index in [0.717, 1.165) is 17.4 Å². The summed E-state index contributed by atoms with van der Waals surface area (Å²) >= 11 is 0. The molecule has 3 heteroatoms. The monoisotopic (exact) mass is 230 g/mol. The minimum atomic E-state index is -0.273. The van der Waals surface area contributed by atoms with E-state index >= 15 is 0 Å². The first-order valence-corrected chi connectivity index (χ1v) is 5.16. The van der Waals surface area contributed by atoms with Crippen LogP contribution in [-0.2, 0) is 9.59 Å². The lowest BCUT2D eigenvalue weighted by Crippen LogP contribution is -2.01. The highest BCUT2D eigenvalue weighted by atomic mass is 16.5. The Bertz CT molecular complexity index is 458. The summed E-state index contributed by atoms with van der Waals surface area (Å²) in [6.45, 7) is 3.31. The smallest absolute Gasteiger partial charge is 0.163 e. The van der Waals surface area contributed by atoms with Gasteiger partial charge in [0, 0.05) is 0 Å². The summed E-state index contributed by atoms with van der Waals surface area (Å²) in [6.07, 6.45) is 4.05. The highest BCUT2D eigenvalue weighted by Crippen LogP contribution is 2.13. The molecule has 0 atom stereocenters. The molecule has 0 aliphatic carbocycles. The first-order valence-electron chi connectivity index (χ1n) is 5.16. The summed E-state index contributed by atoms with van der Waals surface area (Å²) in [4.78, 5) is 22.3. The van der Waals surface area contributed by atoms with Gasteiger partial charge in [-0.05, 0) is 29.8 Å². The van der Waals surface area contributed by atoms with E-state index in [0.29, 0.717) is 0 Å². The quantitative estimate of drug-likeness (QED) is 0.557. The van der Waals surface area contributed by atoms with Crippen LogP contribution in [0.3, 0.4) is 0 Å². The molecule has 0 amide bonds. The molecule has 0 N–H and O–H groups in total. The van der Waals surface area contributed by atoms with Crippen LogP contribution in [0.4, 0.5) is 0 Å². The van der Waals surface area contributed by atoms with Crippen LogP contribution in [0.25, 0.3) is 6.08 Å². The normalized spacial score (nSPS) is 10.2. The van der Waals surface area contributed by atoms with Crippen molar-refractivity contribution in [2.75, 3.05) is 7.11 Å². The van der Waals surface area contributed by atoms with Gasteiger partial charge in [-0.15, -0.1) is 0 Å². The zero-order valence-corrected chi connectivity index (χ0v) is 9.68. The summed E-state index contributed by atoms with van der Waals surface area (Å²) < 4.78 is 5.06. The lowest BCUT2D eigenvalue weighted by Gasteiger charge is -1.99. The lowest BCUT2D eigenvalue weighted by atomic mass is 10.1. The fraction of sp³-hybridized carbons (Fsp3) is 0.143. The van der Waals surface area contributed by atoms with Gasteiger partial charge in [0.2, 0.25) is 0 Å². The first-order chi connectivity index (χ1) is 8.15. The SMILES string of the molecule is C=CC(=O)CC(=O)C=Cc1cccc(OC)c1. The Kier molecular flexibility index (Phi) is 4.88. The van der Waals surface area contributed by atoms with Crippen LogP contribution in [0, 0.1) is 0 Å². The number of hydrogen-bond donors (Lipinski definition) is 0. The van der Waals surface area contributed by atoms with Crippen LogP contribution in [0.2, 0.25) is 0 Å². The van der Waals surface area contributed by atoms with Crippen LogP contribution in [0.15, 0.2) is 43.0 Å². The summed E-state index contributed by atoms with van der Waals surface area (Å²) in [5.41, 5.74) is 0.851. The van der Waals surface area contributed by atoms with E-state index in [9.17, 15) is 9.59 Å². The number of ether oxygens (including phenoxy) is 1. The van der Waals surface area contributed by atoms with Gasteiger partial charge in [-0.25, -0.2) is 0 Å². The van der Waals surface area contributed by atoms with Gasteiger partial charge in [-0.3, -0.25) is 9.59 Å². The van der Waals surface area contributed by atoms with E-state index in [1.165, 1.54) is 6.08 Å². The standard InChI is InChI=1S/C14H14O3/c1-3-12(15)10-13(16)8-7-11-5-4-6-14(9-11)17-2/h3-9H,1,10H2,2H3. The van der Waals surface area contributed by atoms with Crippen molar-refractivity contribution in [2.24, 2.45) is 0 Å². The van der Waals surface area contributed by atoms with Crippen LogP contribution >= 0.6 is 0 Å². The Morgan fingerprint density at radius 2 is 2.12 bits per heavy atom. The number of ketones is 2. The van der Waals surface area contributed by atoms with E-state index in [4.69, 9.17) is 4.74 Å². The minimum Gasteiger partial charge on any atom is -0.497 e. The molecule has 0 fully saturated rings. The fourth-order valence-corrected chi connectivity index (χ4v) is 1.24. The number of benzene rings is 1. The second-order valence-corrected chi connectivity index (χ2v) is 3.42. The molecule has 0 bridgehead atoms. The molecule has 0 heterocycles. The van der Waals surface area contributed by atoms with Crippen LogP contribution in [0.1, 0.15) is 12.0 Å². The van der Waals surface area contributed by atoms with Gasteiger partial charge in [0.15, 0.2) is 11.6 Å². The number of carbonyl (C=O) groups is 2. The van der Waals surface area contributed by atoms with Gasteiger partial charge < -0.3 is 4.74 Å². The molecule has 88 valence electrons. The molecule has 0 saturated heterocycles. The largest absolute Gasteiger partial charge is 0.497 e. The zero-order valence-electron chi connectivity index (χ0n) is 9.68. The predicted molar refractivity (Wildman–Crippen MR) is 66.9 cm³/mol. The molecule has 0 spiro atoms. The number of carbonyl (C=O) groups excluding carboxylic acids is 2. The maximum atomic E-state index is 11.4. The lowest BCUT2D eigenvalue weighted by molar-refractivity contribution is -0.121. The minimum absolute atomic E-state index is 0.135. The molecular formula is C14H14O3. The molecule has 1 aromatic carbocycles. The second kappa shape index (κ2) is 6.43. The van der Waals surface area contributed by atoms with Crippen LogP contribution < -0.4 is 4.74 Å². The molecule has 0 radical (unpaired) electrons. The average molecular weight is 230 g/mol. The van der Waals surface area contributed by atoms with Gasteiger partial charge in [-0.1, -0.05) is 24.8 Å². The van der Waals surface area contributed by atoms with Gasteiger partial charge in [0.25, 0.3) is 0 Å². The van der Waals surface area contributed by atoms with Crippen molar-refractivity contribution in [3.8, 4) is 5.75 Å². The molecule has 0 unspecified atom stereocenters. The van der Waals surface area contributed by atoms with Crippen molar-refractivity contribution in [2.45, 2.75) is 6.42 Å². The second-order valence-electron chi connectivity index (χ2n) is 3.42. The Labute approximate surface area is 100 Å². The Hall–Kier alpha value is -2.16. The molecule has 3 nitrogen and oxygen atoms in total. The summed E-state index contributed by atoms with van der Waals surface area (Å²) in [6, 6.07) is 7.30. The van der Waals surface area contributed by atoms with Crippen molar-refractivity contribution >= 4 is 17.6 Å². The van der Waals surface area contributed by atoms with Crippen LogP contribution in [0.5, 0.6) is 5.75 Å². The number of methoxy groups -OCH3 is 1. The molecule has 0 aliphatic rings. The Balaban J connectivity index is 2.66. The number of rotatable bonds is 6. The highest BCUT2D eigenvalue weighted by molar-refractivity contribution is 6.09. The number of hydrogen-bond acceptors (Lipinski definition) is 3. The van der Waals surface area contributed by atoms with Gasteiger partial charge in [0.05, 0.1) is 13.5 Å². The Morgan fingerprint density at radius 1 is 1.35 bits per heavy atom. The van der Waals surface area contributed by atoms with E-state index < -0.39 is 0 Å². The van der Waals surface area contributed by atoms with E-state index in [2.05, 4.69) is 6.58 Å². The van der Waals surface area contributed by atoms with E-state index in [1.54, 1.807) is 19.3 Å². The van der Waals surface area contributed by atoms with E-state index in [-0.39, 0.29) is 18.0 Å². The predicted octanol–water partition coefficient (Wildman–Crippen LogP) is 2.42. The van der Waals surface area contributed by atoms with Crippen molar-refractivity contribution in [1.82, 2.24) is 0 Å². The molecule has 0 aromatic heterocycles. The van der Waals surface area contributed by atoms with Gasteiger partial charge >= 0.3 is 0 Å². The third-order valence-electron chi connectivity index (χ3n) is 2.13. The molecule has 17 heavy (non-hydrogen) atoms. The van der Waals surface area contributed by atoms with Crippen molar-refractivity contribution < 1.29 is 14.3 Å². The Morgan fingerprint density at radius 3 is 2.76 bits per heavy atom. The fourth-order valence-electron chi connectivity index (χ4n) is 1.24. The third kappa shape index (κ3) is 4.47. The molecule has 0 saturated carbocycles. The van der Waals surface area contributed by atoms with Gasteiger partial charge in [0.1, 0.15) is 5.75 Å². The van der Waals surface area contributed by atoms with Crippen LogP contribution in [-0.4, -0.2) is 18.7 Å². The van der Waals surface area contributed by atoms with Crippen molar-refractivity contribution in [1.29, 1.82) is 0 Å². The summed E-state index contributed by atoms with van der Waals surface area (Å²) in [5, 5.41) is 0. The molecule has 1 aromatic rings. The third-order valence-corrected chi connectivity index (χ3v) is 2.13. The summed E-state index contributed by atoms with van der Waals surface area (Å²) in [7, 11) is 1.58. The highest BCUT2D eigenvalue weighted by Gasteiger charge is 2.02. The van der Waals surface area contributed by atoms with E-state index in [1.807, 2.05) is 18.2 Å². The average Bonchev–Trinajstić information content (AvgIpc) is 2.36. The van der Waals surface area contributed by atoms with Crippen molar-refractivity contribution in [3.05, 3.63) is 48.6 Å². The topological polar surface area (TPSA) is 43.4 Å². The first kappa shape index (κ1) is 12.9. The zero-order chi connectivity index (χ0) is 12.7. The molecule has 0 aliphatic heterocycles. The van der Waals surface area contributed by atoms with Gasteiger partial charge in [-0.2, -0.15) is 0 Å². The number of allylic oxidation sites excluding steroid dienone is 2. The summed E-state index contributed by atoms with van der Waals surface area (Å²) in [5.74, 6) is 0.213. The molecule has 1 rings (SSSR count). The molecular weight excluding hydrogens is 216 g/mol. The van der Waals surface area contributed by atoms with Crippen molar-refractivity contribution in [3.63, 3.8) is 0 Å².